The monoisotopic (exact) mass is 179 g/mol. The number of aliphatic hydroxyl groups is 1. The van der Waals surface area contributed by atoms with Crippen molar-refractivity contribution in [3.05, 3.63) is 40.3 Å². The first-order valence-electron chi connectivity index (χ1n) is 3.72. The van der Waals surface area contributed by atoms with Crippen LogP contribution in [0.1, 0.15) is 11.7 Å². The Morgan fingerprint density at radius 1 is 1.54 bits per heavy atom. The quantitative estimate of drug-likeness (QED) is 0.420. The molecular formula is C8H9N3O2. The zero-order chi connectivity index (χ0) is 9.68. The van der Waals surface area contributed by atoms with E-state index in [4.69, 9.17) is 10.6 Å². The minimum absolute atomic E-state index is 0.0278. The van der Waals surface area contributed by atoms with E-state index in [1.54, 1.807) is 12.1 Å². The van der Waals surface area contributed by atoms with Crippen LogP contribution in [-0.2, 0) is 0 Å². The molecule has 0 saturated heterocycles. The Kier molecular flexibility index (Phi) is 3.14. The molecular weight excluding hydrogens is 170 g/mol. The molecule has 0 aliphatic rings. The highest BCUT2D eigenvalue weighted by Crippen LogP contribution is 2.18. The van der Waals surface area contributed by atoms with Gasteiger partial charge in [0.2, 0.25) is 0 Å². The van der Waals surface area contributed by atoms with E-state index in [0.717, 1.165) is 0 Å². The highest BCUT2D eigenvalue weighted by Gasteiger charge is 2.05. The number of rotatable bonds is 3. The molecule has 1 rings (SSSR count). The molecule has 0 radical (unpaired) electrons. The van der Waals surface area contributed by atoms with E-state index in [1.807, 2.05) is 0 Å². The van der Waals surface area contributed by atoms with Crippen molar-refractivity contribution in [1.29, 1.82) is 0 Å². The lowest BCUT2D eigenvalue weighted by atomic mass is 10.1. The number of hydrogen-bond donors (Lipinski definition) is 2. The Labute approximate surface area is 74.9 Å². The summed E-state index contributed by atoms with van der Waals surface area (Å²) in [6, 6.07) is 6.20. The normalized spacial score (nSPS) is 11.8. The molecule has 1 aromatic carbocycles. The molecule has 0 amide bonds. The van der Waals surface area contributed by atoms with Gasteiger partial charge < -0.3 is 10.2 Å². The molecule has 0 bridgehead atoms. The SMILES string of the molecule is [N-]=[N+]=NC[C@H](O)c1cccc(O)c1. The molecule has 5 heteroatoms. The fourth-order valence-electron chi connectivity index (χ4n) is 0.951. The highest BCUT2D eigenvalue weighted by atomic mass is 16.3. The highest BCUT2D eigenvalue weighted by molar-refractivity contribution is 5.28. The Balaban J connectivity index is 2.76. The van der Waals surface area contributed by atoms with Crippen molar-refractivity contribution in [2.45, 2.75) is 6.10 Å². The fraction of sp³-hybridized carbons (Fsp3) is 0.250. The summed E-state index contributed by atoms with van der Waals surface area (Å²) in [5.41, 5.74) is 8.55. The zero-order valence-corrected chi connectivity index (χ0v) is 6.83. The van der Waals surface area contributed by atoms with Gasteiger partial charge in [-0.3, -0.25) is 0 Å². The number of phenolic OH excluding ortho intramolecular Hbond substituents is 1. The van der Waals surface area contributed by atoms with Gasteiger partial charge >= 0.3 is 0 Å². The molecule has 0 aromatic heterocycles. The molecule has 1 atom stereocenters. The minimum Gasteiger partial charge on any atom is -0.508 e. The fourth-order valence-corrected chi connectivity index (χ4v) is 0.951. The number of phenols is 1. The molecule has 68 valence electrons. The summed E-state index contributed by atoms with van der Waals surface area (Å²) in [5.74, 6) is 0.0810. The number of benzene rings is 1. The lowest BCUT2D eigenvalue weighted by Crippen LogP contribution is -1.99. The first-order valence-corrected chi connectivity index (χ1v) is 3.72. The molecule has 0 heterocycles. The number of hydrogen-bond acceptors (Lipinski definition) is 3. The average molecular weight is 179 g/mol. The molecule has 5 nitrogen and oxygen atoms in total. The summed E-state index contributed by atoms with van der Waals surface area (Å²) in [6.45, 7) is -0.0278. The van der Waals surface area contributed by atoms with Crippen LogP contribution in [0.4, 0.5) is 0 Å². The van der Waals surface area contributed by atoms with Gasteiger partial charge in [-0.1, -0.05) is 17.2 Å². The van der Waals surface area contributed by atoms with Crippen molar-refractivity contribution in [2.24, 2.45) is 5.11 Å². The van der Waals surface area contributed by atoms with E-state index >= 15 is 0 Å². The second-order valence-electron chi connectivity index (χ2n) is 2.52. The summed E-state index contributed by atoms with van der Waals surface area (Å²) in [7, 11) is 0. The first-order chi connectivity index (χ1) is 6.24. The van der Waals surface area contributed by atoms with Crippen LogP contribution in [-0.4, -0.2) is 16.8 Å². The molecule has 0 aliphatic carbocycles. The minimum atomic E-state index is -0.858. The van der Waals surface area contributed by atoms with Crippen LogP contribution in [0.2, 0.25) is 0 Å². The van der Waals surface area contributed by atoms with Gasteiger partial charge in [0.15, 0.2) is 0 Å². The van der Waals surface area contributed by atoms with E-state index in [-0.39, 0.29) is 12.3 Å². The summed E-state index contributed by atoms with van der Waals surface area (Å²) in [5, 5.41) is 21.7. The van der Waals surface area contributed by atoms with Crippen LogP contribution < -0.4 is 0 Å². The maximum Gasteiger partial charge on any atom is 0.115 e. The van der Waals surface area contributed by atoms with Gasteiger partial charge in [0.1, 0.15) is 5.75 Å². The van der Waals surface area contributed by atoms with E-state index in [1.165, 1.54) is 12.1 Å². The molecule has 13 heavy (non-hydrogen) atoms. The second-order valence-corrected chi connectivity index (χ2v) is 2.52. The van der Waals surface area contributed by atoms with E-state index in [9.17, 15) is 5.11 Å². The maximum atomic E-state index is 9.40. The topological polar surface area (TPSA) is 89.2 Å². The van der Waals surface area contributed by atoms with Crippen molar-refractivity contribution in [1.82, 2.24) is 0 Å². The lowest BCUT2D eigenvalue weighted by molar-refractivity contribution is 0.186. The van der Waals surface area contributed by atoms with Gasteiger partial charge in [0.05, 0.1) is 12.6 Å². The molecule has 1 aromatic rings. The Morgan fingerprint density at radius 3 is 2.92 bits per heavy atom. The largest absolute Gasteiger partial charge is 0.508 e. The van der Waals surface area contributed by atoms with Gasteiger partial charge in [-0.15, -0.1) is 0 Å². The van der Waals surface area contributed by atoms with Gasteiger partial charge in [-0.25, -0.2) is 0 Å². The first kappa shape index (κ1) is 9.38. The van der Waals surface area contributed by atoms with Crippen molar-refractivity contribution >= 4 is 0 Å². The van der Waals surface area contributed by atoms with Gasteiger partial charge in [0.25, 0.3) is 0 Å². The number of aliphatic hydroxyl groups excluding tert-OH is 1. The predicted molar refractivity (Wildman–Crippen MR) is 47.1 cm³/mol. The van der Waals surface area contributed by atoms with Crippen LogP contribution in [0.25, 0.3) is 10.4 Å². The number of azide groups is 1. The third kappa shape index (κ3) is 2.66. The second kappa shape index (κ2) is 4.35. The van der Waals surface area contributed by atoms with Crippen LogP contribution >= 0.6 is 0 Å². The third-order valence-corrected chi connectivity index (χ3v) is 1.57. The Bertz CT molecular complexity index is 334. The van der Waals surface area contributed by atoms with Crippen LogP contribution in [0.15, 0.2) is 29.4 Å². The predicted octanol–water partition coefficient (Wildman–Crippen LogP) is 1.74. The molecule has 0 aliphatic heterocycles. The zero-order valence-electron chi connectivity index (χ0n) is 6.83. The maximum absolute atomic E-state index is 9.40. The smallest absolute Gasteiger partial charge is 0.115 e. The number of nitrogens with zero attached hydrogens (tertiary/aromatic N) is 3. The summed E-state index contributed by atoms with van der Waals surface area (Å²) in [4.78, 5) is 2.53. The molecule has 0 unspecified atom stereocenters. The molecule has 0 fully saturated rings. The standard InChI is InChI=1S/C8H9N3O2/c9-11-10-5-8(13)6-2-1-3-7(12)4-6/h1-4,8,12-13H,5H2/t8-/m0/s1. The van der Waals surface area contributed by atoms with Crippen LogP contribution in [0.5, 0.6) is 5.75 Å². The van der Waals surface area contributed by atoms with Gasteiger partial charge in [-0.2, -0.15) is 0 Å². The molecule has 0 saturated carbocycles. The van der Waals surface area contributed by atoms with Gasteiger partial charge in [0, 0.05) is 4.91 Å². The Hall–Kier alpha value is -1.71. The van der Waals surface area contributed by atoms with Crippen molar-refractivity contribution in [3.63, 3.8) is 0 Å². The van der Waals surface area contributed by atoms with Crippen molar-refractivity contribution < 1.29 is 10.2 Å². The third-order valence-electron chi connectivity index (χ3n) is 1.57. The van der Waals surface area contributed by atoms with Crippen molar-refractivity contribution in [2.75, 3.05) is 6.54 Å². The van der Waals surface area contributed by atoms with Crippen LogP contribution in [0, 0.1) is 0 Å². The lowest BCUT2D eigenvalue weighted by Gasteiger charge is -2.06. The molecule has 2 N–H and O–H groups in total. The van der Waals surface area contributed by atoms with Gasteiger partial charge in [-0.05, 0) is 23.2 Å². The van der Waals surface area contributed by atoms with E-state index in [0.29, 0.717) is 5.56 Å². The van der Waals surface area contributed by atoms with Crippen LogP contribution in [0.3, 0.4) is 0 Å². The van der Waals surface area contributed by atoms with E-state index < -0.39 is 6.10 Å². The molecule has 0 spiro atoms. The number of aromatic hydroxyl groups is 1. The average Bonchev–Trinajstić information content (AvgIpc) is 2.14. The summed E-state index contributed by atoms with van der Waals surface area (Å²) < 4.78 is 0. The van der Waals surface area contributed by atoms with Crippen molar-refractivity contribution in [3.8, 4) is 5.75 Å². The summed E-state index contributed by atoms with van der Waals surface area (Å²) in [6.07, 6.45) is -0.858. The Morgan fingerprint density at radius 2 is 2.31 bits per heavy atom. The van der Waals surface area contributed by atoms with E-state index in [2.05, 4.69) is 10.0 Å². The summed E-state index contributed by atoms with van der Waals surface area (Å²) >= 11 is 0.